The van der Waals surface area contributed by atoms with Crippen LogP contribution in [-0.2, 0) is 15.1 Å². The first-order valence-electron chi connectivity index (χ1n) is 9.71. The number of aromatic nitrogens is 1. The van der Waals surface area contributed by atoms with Crippen molar-refractivity contribution >= 4 is 11.8 Å². The van der Waals surface area contributed by atoms with E-state index < -0.39 is 5.54 Å². The number of pyridine rings is 1. The fourth-order valence-corrected chi connectivity index (χ4v) is 3.56. The molecule has 0 aliphatic carbocycles. The lowest BCUT2D eigenvalue weighted by molar-refractivity contribution is -0.130. The molecule has 1 aliphatic rings. The van der Waals surface area contributed by atoms with Crippen molar-refractivity contribution in [2.24, 2.45) is 11.7 Å². The first kappa shape index (κ1) is 20.0. The minimum atomic E-state index is -1.13. The van der Waals surface area contributed by atoms with Gasteiger partial charge in [0.05, 0.1) is 0 Å². The molecule has 0 bridgehead atoms. The minimum Gasteiger partial charge on any atom is -0.354 e. The van der Waals surface area contributed by atoms with Gasteiger partial charge in [0.1, 0.15) is 5.54 Å². The van der Waals surface area contributed by atoms with Crippen molar-refractivity contribution in [1.29, 1.82) is 0 Å². The Labute approximate surface area is 166 Å². The zero-order valence-corrected chi connectivity index (χ0v) is 16.5. The maximum absolute atomic E-state index is 12.8. The summed E-state index contributed by atoms with van der Waals surface area (Å²) >= 11 is 0. The van der Waals surface area contributed by atoms with E-state index in [2.05, 4.69) is 10.3 Å². The summed E-state index contributed by atoms with van der Waals surface area (Å²) in [4.78, 5) is 30.2. The molecule has 2 heterocycles. The predicted molar refractivity (Wildman–Crippen MR) is 109 cm³/mol. The summed E-state index contributed by atoms with van der Waals surface area (Å²) in [5.41, 5.74) is 8.02. The third-order valence-electron chi connectivity index (χ3n) is 5.54. The maximum atomic E-state index is 12.8. The highest BCUT2D eigenvalue weighted by Gasteiger charge is 2.31. The molecule has 2 amide bonds. The van der Waals surface area contributed by atoms with Crippen LogP contribution in [0.3, 0.4) is 0 Å². The summed E-state index contributed by atoms with van der Waals surface area (Å²) in [6, 6.07) is 11.6. The molecule has 0 saturated carbocycles. The Balaban J connectivity index is 1.63. The van der Waals surface area contributed by atoms with E-state index in [4.69, 9.17) is 5.73 Å². The van der Waals surface area contributed by atoms with Crippen LogP contribution in [0.15, 0.2) is 48.8 Å². The second-order valence-corrected chi connectivity index (χ2v) is 7.68. The van der Waals surface area contributed by atoms with Crippen molar-refractivity contribution < 1.29 is 9.59 Å². The average Bonchev–Trinajstić information content (AvgIpc) is 2.73. The smallest absolute Gasteiger partial charge is 0.244 e. The molecule has 2 aromatic rings. The van der Waals surface area contributed by atoms with Crippen LogP contribution < -0.4 is 11.1 Å². The Hall–Kier alpha value is -2.73. The lowest BCUT2D eigenvalue weighted by Crippen LogP contribution is -2.50. The van der Waals surface area contributed by atoms with Gasteiger partial charge in [0.25, 0.3) is 0 Å². The van der Waals surface area contributed by atoms with Crippen LogP contribution in [0, 0.1) is 5.92 Å². The highest BCUT2D eigenvalue weighted by atomic mass is 16.2. The van der Waals surface area contributed by atoms with Gasteiger partial charge in [0.15, 0.2) is 0 Å². The molecule has 1 saturated heterocycles. The molecule has 1 atom stereocenters. The second kappa shape index (κ2) is 8.52. The fourth-order valence-electron chi connectivity index (χ4n) is 3.56. The number of hydrogen-bond donors (Lipinski definition) is 2. The number of hydrogen-bond acceptors (Lipinski definition) is 4. The molecule has 3 N–H and O–H groups in total. The predicted octanol–water partition coefficient (Wildman–Crippen LogP) is 2.30. The third-order valence-corrected chi connectivity index (χ3v) is 5.54. The van der Waals surface area contributed by atoms with Crippen LogP contribution in [0.1, 0.15) is 32.3 Å². The molecular weight excluding hydrogens is 352 g/mol. The highest BCUT2D eigenvalue weighted by molar-refractivity contribution is 5.87. The van der Waals surface area contributed by atoms with Crippen molar-refractivity contribution in [1.82, 2.24) is 15.2 Å². The number of piperidine rings is 1. The number of amides is 2. The van der Waals surface area contributed by atoms with Crippen molar-refractivity contribution in [3.8, 4) is 11.1 Å². The van der Waals surface area contributed by atoms with Crippen LogP contribution in [0.25, 0.3) is 11.1 Å². The maximum Gasteiger partial charge on any atom is 0.244 e. The van der Waals surface area contributed by atoms with E-state index in [1.165, 1.54) is 0 Å². The molecule has 28 heavy (non-hydrogen) atoms. The number of carbonyl (C=O) groups excluding carboxylic acids is 2. The molecule has 1 aromatic heterocycles. The van der Waals surface area contributed by atoms with Gasteiger partial charge in [-0.3, -0.25) is 14.6 Å². The van der Waals surface area contributed by atoms with Crippen LogP contribution in [0.4, 0.5) is 0 Å². The number of nitrogens with one attached hydrogen (secondary N) is 1. The monoisotopic (exact) mass is 380 g/mol. The van der Waals surface area contributed by atoms with E-state index in [1.54, 1.807) is 26.2 Å². The van der Waals surface area contributed by atoms with Gasteiger partial charge >= 0.3 is 0 Å². The van der Waals surface area contributed by atoms with Gasteiger partial charge in [-0.15, -0.1) is 0 Å². The Morgan fingerprint density at radius 1 is 1.21 bits per heavy atom. The SMILES string of the molecule is CC(=O)N1CCC(CNC(=O)C(C)(N)c2cccc(-c3cccnc3)c2)CC1. The highest BCUT2D eigenvalue weighted by Crippen LogP contribution is 2.25. The zero-order valence-electron chi connectivity index (χ0n) is 16.5. The van der Waals surface area contributed by atoms with E-state index in [0.717, 1.165) is 42.6 Å². The van der Waals surface area contributed by atoms with E-state index >= 15 is 0 Å². The first-order valence-corrected chi connectivity index (χ1v) is 9.71. The van der Waals surface area contributed by atoms with E-state index in [1.807, 2.05) is 41.3 Å². The number of rotatable bonds is 5. The molecular formula is C22H28N4O2. The van der Waals surface area contributed by atoms with Crippen molar-refractivity contribution in [3.05, 3.63) is 54.4 Å². The van der Waals surface area contributed by atoms with E-state index in [0.29, 0.717) is 12.5 Å². The number of carbonyl (C=O) groups is 2. The molecule has 1 unspecified atom stereocenters. The largest absolute Gasteiger partial charge is 0.354 e. The van der Waals surface area contributed by atoms with Crippen molar-refractivity contribution in [2.45, 2.75) is 32.2 Å². The summed E-state index contributed by atoms with van der Waals surface area (Å²) in [7, 11) is 0. The number of nitrogens with zero attached hydrogens (tertiary/aromatic N) is 2. The summed E-state index contributed by atoms with van der Waals surface area (Å²) in [5.74, 6) is 0.299. The molecule has 1 aliphatic heterocycles. The second-order valence-electron chi connectivity index (χ2n) is 7.68. The quantitative estimate of drug-likeness (QED) is 0.833. The van der Waals surface area contributed by atoms with Gasteiger partial charge in [-0.1, -0.05) is 24.3 Å². The number of nitrogens with two attached hydrogens (primary N) is 1. The number of benzene rings is 1. The molecule has 6 heteroatoms. The van der Waals surface area contributed by atoms with E-state index in [9.17, 15) is 9.59 Å². The molecule has 1 fully saturated rings. The van der Waals surface area contributed by atoms with Gasteiger partial charge < -0.3 is 16.0 Å². The summed E-state index contributed by atoms with van der Waals surface area (Å²) in [6.07, 6.45) is 5.32. The fraction of sp³-hybridized carbons (Fsp3) is 0.409. The van der Waals surface area contributed by atoms with Crippen LogP contribution in [0.2, 0.25) is 0 Å². The molecule has 3 rings (SSSR count). The lowest BCUT2D eigenvalue weighted by atomic mass is 9.89. The topological polar surface area (TPSA) is 88.3 Å². The summed E-state index contributed by atoms with van der Waals surface area (Å²) in [5, 5.41) is 3.01. The minimum absolute atomic E-state index is 0.116. The molecule has 0 radical (unpaired) electrons. The lowest BCUT2D eigenvalue weighted by Gasteiger charge is -2.32. The van der Waals surface area contributed by atoms with Crippen molar-refractivity contribution in [3.63, 3.8) is 0 Å². The summed E-state index contributed by atoms with van der Waals surface area (Å²) < 4.78 is 0. The van der Waals surface area contributed by atoms with Crippen molar-refractivity contribution in [2.75, 3.05) is 19.6 Å². The third kappa shape index (κ3) is 4.57. The van der Waals surface area contributed by atoms with E-state index in [-0.39, 0.29) is 11.8 Å². The van der Waals surface area contributed by atoms with Gasteiger partial charge in [-0.05, 0) is 54.5 Å². The molecule has 1 aromatic carbocycles. The Morgan fingerprint density at radius 3 is 2.57 bits per heavy atom. The Kier molecular flexibility index (Phi) is 6.09. The van der Waals surface area contributed by atoms with Gasteiger partial charge in [0, 0.05) is 39.0 Å². The first-order chi connectivity index (χ1) is 13.4. The van der Waals surface area contributed by atoms with Crippen LogP contribution >= 0.6 is 0 Å². The number of likely N-dealkylation sites (tertiary alicyclic amines) is 1. The molecule has 0 spiro atoms. The Bertz CT molecular complexity index is 827. The van der Waals surface area contributed by atoms with Crippen LogP contribution in [0.5, 0.6) is 0 Å². The van der Waals surface area contributed by atoms with Gasteiger partial charge in [-0.2, -0.15) is 0 Å². The standard InChI is InChI=1S/C22H28N4O2/c1-16(27)26-11-8-17(9-12-26)14-25-21(28)22(2,23)20-7-3-5-18(13-20)19-6-4-10-24-15-19/h3-7,10,13,15,17H,8-9,11-12,14,23H2,1-2H3,(H,25,28). The molecule has 6 nitrogen and oxygen atoms in total. The Morgan fingerprint density at radius 2 is 1.93 bits per heavy atom. The molecule has 148 valence electrons. The van der Waals surface area contributed by atoms with Gasteiger partial charge in [0.2, 0.25) is 11.8 Å². The average molecular weight is 380 g/mol. The van der Waals surface area contributed by atoms with Gasteiger partial charge in [-0.25, -0.2) is 0 Å². The van der Waals surface area contributed by atoms with Crippen LogP contribution in [-0.4, -0.2) is 41.3 Å². The zero-order chi connectivity index (χ0) is 20.1. The summed E-state index contributed by atoms with van der Waals surface area (Å²) in [6.45, 7) is 5.43. The normalized spacial score (nSPS) is 17.0.